The summed E-state index contributed by atoms with van der Waals surface area (Å²) in [6.07, 6.45) is 2.97. The number of H-pyrrole nitrogens is 1. The molecule has 0 fully saturated rings. The second kappa shape index (κ2) is 8.12. The molecule has 0 aliphatic carbocycles. The normalized spacial score (nSPS) is 12.9. The van der Waals surface area contributed by atoms with Gasteiger partial charge in [-0.1, -0.05) is 39.4 Å². The molecule has 0 aliphatic rings. The molecule has 3 nitrogen and oxygen atoms in total. The molecule has 0 saturated heterocycles. The highest BCUT2D eigenvalue weighted by Gasteiger charge is 2.16. The summed E-state index contributed by atoms with van der Waals surface area (Å²) >= 11 is 8.87. The van der Waals surface area contributed by atoms with E-state index in [1.54, 1.807) is 0 Å². The maximum absolute atomic E-state index is 5.77. The largest absolute Gasteiger partial charge is 0.371 e. The van der Waals surface area contributed by atoms with Gasteiger partial charge < -0.3 is 9.72 Å². The molecule has 1 heterocycles. The zero-order valence-electron chi connectivity index (χ0n) is 12.1. The first-order valence-corrected chi connectivity index (χ1v) is 8.09. The second-order valence-electron chi connectivity index (χ2n) is 5.05. The summed E-state index contributed by atoms with van der Waals surface area (Å²) in [4.78, 5) is 7.87. The lowest BCUT2D eigenvalue weighted by Gasteiger charge is -2.18. The van der Waals surface area contributed by atoms with Crippen molar-refractivity contribution in [3.63, 3.8) is 0 Å². The zero-order chi connectivity index (χ0) is 14.4. The number of nitrogens with zero attached hydrogens (tertiary/aromatic N) is 1. The van der Waals surface area contributed by atoms with Crippen LogP contribution in [0, 0.1) is 10.6 Å². The molecule has 5 heteroatoms. The maximum Gasteiger partial charge on any atom is 0.144 e. The monoisotopic (exact) mass is 346 g/mol. The first-order valence-electron chi connectivity index (χ1n) is 6.89. The molecular formula is C14H23BrN2OS. The van der Waals surface area contributed by atoms with E-state index in [1.165, 1.54) is 0 Å². The molecule has 0 aliphatic heterocycles. The lowest BCUT2D eigenvalue weighted by atomic mass is 10.1. The molecule has 0 bridgehead atoms. The van der Waals surface area contributed by atoms with E-state index < -0.39 is 0 Å². The number of rotatable bonds is 7. The number of aromatic amines is 1. The highest BCUT2D eigenvalue weighted by atomic mass is 79.9. The smallest absolute Gasteiger partial charge is 0.144 e. The van der Waals surface area contributed by atoms with Crippen LogP contribution in [-0.2, 0) is 11.2 Å². The fourth-order valence-corrected chi connectivity index (χ4v) is 2.56. The van der Waals surface area contributed by atoms with E-state index in [9.17, 15) is 0 Å². The van der Waals surface area contributed by atoms with E-state index in [-0.39, 0.29) is 6.10 Å². The van der Waals surface area contributed by atoms with Crippen LogP contribution in [0.25, 0.3) is 0 Å². The summed E-state index contributed by atoms with van der Waals surface area (Å²) in [6.45, 7) is 9.22. The standard InChI is InChI=1S/C14H23BrN2OS/c1-5-7-11(18-6-2)13-16-10(8-9(3)4)12(15)14(19)17-13/h9,11H,5-8H2,1-4H3,(H,16,17,19). The Balaban J connectivity index is 3.12. The molecule has 1 N–H and O–H groups in total. The summed E-state index contributed by atoms with van der Waals surface area (Å²) in [5.41, 5.74) is 1.12. The van der Waals surface area contributed by atoms with Crippen LogP contribution in [-0.4, -0.2) is 16.6 Å². The minimum Gasteiger partial charge on any atom is -0.371 e. The van der Waals surface area contributed by atoms with Crippen LogP contribution in [0.15, 0.2) is 4.47 Å². The fraction of sp³-hybridized carbons (Fsp3) is 0.714. The van der Waals surface area contributed by atoms with Crippen molar-refractivity contribution in [3.8, 4) is 0 Å². The predicted molar refractivity (Wildman–Crippen MR) is 84.9 cm³/mol. The highest BCUT2D eigenvalue weighted by molar-refractivity contribution is 9.10. The molecule has 1 atom stereocenters. The molecule has 108 valence electrons. The second-order valence-corrected chi connectivity index (χ2v) is 6.23. The maximum atomic E-state index is 5.77. The van der Waals surface area contributed by atoms with Crippen LogP contribution in [0.2, 0.25) is 0 Å². The quantitative estimate of drug-likeness (QED) is 0.707. The SMILES string of the molecule is CCCC(OCC)c1nc(=S)c(Br)c(CC(C)C)[nH]1. The molecule has 0 aromatic carbocycles. The number of hydrogen-bond donors (Lipinski definition) is 1. The van der Waals surface area contributed by atoms with Gasteiger partial charge in [0.05, 0.1) is 4.47 Å². The molecule has 1 aromatic heterocycles. The third kappa shape index (κ3) is 4.97. The molecular weight excluding hydrogens is 324 g/mol. The van der Waals surface area contributed by atoms with Gasteiger partial charge in [0, 0.05) is 12.3 Å². The highest BCUT2D eigenvalue weighted by Crippen LogP contribution is 2.24. The van der Waals surface area contributed by atoms with Gasteiger partial charge in [0.15, 0.2) is 0 Å². The van der Waals surface area contributed by atoms with E-state index in [0.717, 1.165) is 35.3 Å². The van der Waals surface area contributed by atoms with Crippen LogP contribution >= 0.6 is 28.1 Å². The van der Waals surface area contributed by atoms with Crippen molar-refractivity contribution in [2.75, 3.05) is 6.61 Å². The molecule has 0 radical (unpaired) electrons. The van der Waals surface area contributed by atoms with Crippen molar-refractivity contribution in [3.05, 3.63) is 20.6 Å². The van der Waals surface area contributed by atoms with Crippen LogP contribution < -0.4 is 0 Å². The minimum absolute atomic E-state index is 0.00992. The van der Waals surface area contributed by atoms with Crippen molar-refractivity contribution in [1.29, 1.82) is 0 Å². The number of halogens is 1. The third-order valence-electron chi connectivity index (χ3n) is 2.79. The van der Waals surface area contributed by atoms with E-state index >= 15 is 0 Å². The van der Waals surface area contributed by atoms with Crippen molar-refractivity contribution in [1.82, 2.24) is 9.97 Å². The van der Waals surface area contributed by atoms with Crippen LogP contribution in [0.5, 0.6) is 0 Å². The Morgan fingerprint density at radius 3 is 2.58 bits per heavy atom. The Morgan fingerprint density at radius 2 is 2.05 bits per heavy atom. The van der Waals surface area contributed by atoms with Gasteiger partial charge in [0.1, 0.15) is 16.6 Å². The van der Waals surface area contributed by atoms with Crippen LogP contribution in [0.3, 0.4) is 0 Å². The average Bonchev–Trinajstić information content (AvgIpc) is 2.34. The summed E-state index contributed by atoms with van der Waals surface area (Å²) in [5, 5.41) is 0. The summed E-state index contributed by atoms with van der Waals surface area (Å²) in [6, 6.07) is 0. The summed E-state index contributed by atoms with van der Waals surface area (Å²) in [5.74, 6) is 1.42. The first-order chi connectivity index (χ1) is 8.99. The number of nitrogens with one attached hydrogen (secondary N) is 1. The molecule has 1 aromatic rings. The van der Waals surface area contributed by atoms with E-state index in [0.29, 0.717) is 17.2 Å². The summed E-state index contributed by atoms with van der Waals surface area (Å²) < 4.78 is 7.29. The van der Waals surface area contributed by atoms with Gasteiger partial charge in [0.2, 0.25) is 0 Å². The number of aromatic nitrogens is 2. The summed E-state index contributed by atoms with van der Waals surface area (Å²) in [7, 11) is 0. The molecule has 1 rings (SSSR count). The van der Waals surface area contributed by atoms with Crippen LogP contribution in [0.4, 0.5) is 0 Å². The molecule has 0 spiro atoms. The zero-order valence-corrected chi connectivity index (χ0v) is 14.5. The van der Waals surface area contributed by atoms with E-state index in [2.05, 4.69) is 46.7 Å². The molecule has 0 amide bonds. The predicted octanol–water partition coefficient (Wildman–Crippen LogP) is 4.98. The van der Waals surface area contributed by atoms with Gasteiger partial charge in [-0.15, -0.1) is 0 Å². The Morgan fingerprint density at radius 1 is 1.37 bits per heavy atom. The average molecular weight is 347 g/mol. The van der Waals surface area contributed by atoms with Crippen molar-refractivity contribution in [2.45, 2.75) is 53.1 Å². The van der Waals surface area contributed by atoms with Crippen molar-refractivity contribution < 1.29 is 4.74 Å². The van der Waals surface area contributed by atoms with Crippen molar-refractivity contribution in [2.24, 2.45) is 5.92 Å². The van der Waals surface area contributed by atoms with Gasteiger partial charge in [-0.05, 0) is 41.6 Å². The van der Waals surface area contributed by atoms with Gasteiger partial charge in [-0.3, -0.25) is 0 Å². The van der Waals surface area contributed by atoms with E-state index in [1.807, 2.05) is 6.92 Å². The van der Waals surface area contributed by atoms with Gasteiger partial charge in [-0.2, -0.15) is 0 Å². The lowest BCUT2D eigenvalue weighted by Crippen LogP contribution is -2.12. The minimum atomic E-state index is 0.00992. The third-order valence-corrected chi connectivity index (χ3v) is 4.20. The van der Waals surface area contributed by atoms with Crippen LogP contribution in [0.1, 0.15) is 58.2 Å². The van der Waals surface area contributed by atoms with Gasteiger partial charge in [-0.25, -0.2) is 4.98 Å². The lowest BCUT2D eigenvalue weighted by molar-refractivity contribution is 0.0491. The molecule has 19 heavy (non-hydrogen) atoms. The Kier molecular flexibility index (Phi) is 7.18. The number of hydrogen-bond acceptors (Lipinski definition) is 3. The van der Waals surface area contributed by atoms with Gasteiger partial charge in [0.25, 0.3) is 0 Å². The Labute approximate surface area is 129 Å². The van der Waals surface area contributed by atoms with Gasteiger partial charge >= 0.3 is 0 Å². The topological polar surface area (TPSA) is 37.9 Å². The first kappa shape index (κ1) is 16.8. The van der Waals surface area contributed by atoms with Crippen molar-refractivity contribution >= 4 is 28.1 Å². The molecule has 1 unspecified atom stereocenters. The molecule has 0 saturated carbocycles. The number of ether oxygens (including phenoxy) is 1. The fourth-order valence-electron chi connectivity index (χ4n) is 1.99. The van der Waals surface area contributed by atoms with E-state index in [4.69, 9.17) is 17.0 Å². The Bertz CT molecular complexity index is 453. The Hall–Kier alpha value is -0.260.